The molecular weight excluding hydrogens is 404 g/mol. The van der Waals surface area contributed by atoms with Crippen molar-refractivity contribution in [3.8, 4) is 0 Å². The number of fused-ring (bicyclic) bond motifs is 1. The summed E-state index contributed by atoms with van der Waals surface area (Å²) in [6.07, 6.45) is 15.0. The van der Waals surface area contributed by atoms with Crippen molar-refractivity contribution in [3.05, 3.63) is 57.9 Å². The molecule has 1 aromatic heterocycles. The lowest BCUT2D eigenvalue weighted by molar-refractivity contribution is 0.0838. The van der Waals surface area contributed by atoms with Crippen molar-refractivity contribution >= 4 is 17.5 Å². The van der Waals surface area contributed by atoms with Gasteiger partial charge < -0.3 is 26.0 Å². The Morgan fingerprint density at radius 1 is 1.28 bits per heavy atom. The number of aromatic amines is 1. The van der Waals surface area contributed by atoms with Crippen molar-refractivity contribution in [1.82, 2.24) is 20.6 Å². The number of aliphatic hydroxyl groups is 1. The summed E-state index contributed by atoms with van der Waals surface area (Å²) in [7, 11) is 0. The second kappa shape index (κ2) is 7.94. The van der Waals surface area contributed by atoms with Gasteiger partial charge in [-0.05, 0) is 51.3 Å². The fourth-order valence-corrected chi connectivity index (χ4v) is 4.92. The van der Waals surface area contributed by atoms with Crippen LogP contribution in [0.4, 0.5) is 11.8 Å². The van der Waals surface area contributed by atoms with Gasteiger partial charge in [-0.25, -0.2) is 0 Å². The first-order chi connectivity index (χ1) is 15.3. The lowest BCUT2D eigenvalue weighted by Crippen LogP contribution is -2.45. The first kappa shape index (κ1) is 21.0. The molecule has 8 heteroatoms. The van der Waals surface area contributed by atoms with Gasteiger partial charge in [0.2, 0.25) is 5.95 Å². The maximum atomic E-state index is 13.4. The Hall–Kier alpha value is -2.84. The van der Waals surface area contributed by atoms with E-state index in [0.717, 1.165) is 37.2 Å². The van der Waals surface area contributed by atoms with Crippen LogP contribution >= 0.6 is 0 Å². The summed E-state index contributed by atoms with van der Waals surface area (Å²) < 4.78 is 0. The Morgan fingerprint density at radius 2 is 2.16 bits per heavy atom. The van der Waals surface area contributed by atoms with Gasteiger partial charge in [0.25, 0.3) is 5.56 Å². The minimum atomic E-state index is -0.776. The average molecular weight is 437 g/mol. The molecular formula is C24H32N6O2. The van der Waals surface area contributed by atoms with Crippen LogP contribution < -0.4 is 26.4 Å². The summed E-state index contributed by atoms with van der Waals surface area (Å²) in [5.74, 6) is 1.08. The van der Waals surface area contributed by atoms with Crippen LogP contribution in [0.5, 0.6) is 0 Å². The van der Waals surface area contributed by atoms with Crippen LogP contribution in [0.3, 0.4) is 0 Å². The molecule has 2 saturated heterocycles. The summed E-state index contributed by atoms with van der Waals surface area (Å²) in [6.45, 7) is 6.87. The summed E-state index contributed by atoms with van der Waals surface area (Å²) >= 11 is 0. The van der Waals surface area contributed by atoms with E-state index in [2.05, 4.69) is 46.1 Å². The smallest absolute Gasteiger partial charge is 0.263 e. The molecule has 8 nitrogen and oxygen atoms in total. The molecule has 3 aliphatic heterocycles. The highest BCUT2D eigenvalue weighted by Gasteiger charge is 2.35. The maximum absolute atomic E-state index is 13.4. The van der Waals surface area contributed by atoms with Gasteiger partial charge in [0, 0.05) is 25.7 Å². The largest absolute Gasteiger partial charge is 0.388 e. The number of allylic oxidation sites excluding steroid dienone is 4. The summed E-state index contributed by atoms with van der Waals surface area (Å²) in [4.78, 5) is 23.2. The second-order valence-corrected chi connectivity index (χ2v) is 9.72. The van der Waals surface area contributed by atoms with Gasteiger partial charge in [-0.2, -0.15) is 4.98 Å². The molecule has 4 aliphatic rings. The van der Waals surface area contributed by atoms with Crippen LogP contribution in [0, 0.1) is 0 Å². The topological polar surface area (TPSA) is 105 Å². The number of H-pyrrole nitrogens is 1. The molecule has 0 spiro atoms. The Morgan fingerprint density at radius 3 is 2.91 bits per heavy atom. The third-order valence-electron chi connectivity index (χ3n) is 6.81. The standard InChI is InChI=1S/C24H32N6O2/c1-23(32)11-13-30(15-23)22-27-20(26-17-7-5-12-25-14-17)19(21(31)28-22)18-9-8-16-6-3-4-10-24(16,2)29-18/h3-4,6,8-10,17,25,29,32H,5,7,11-15H2,1-2H3,(H2,26,27,28,31)/t17-,23?,24?/m1/s1. The Kier molecular flexibility index (Phi) is 5.22. The molecule has 0 amide bonds. The number of nitrogens with one attached hydrogen (secondary N) is 4. The zero-order valence-electron chi connectivity index (χ0n) is 18.7. The third kappa shape index (κ3) is 4.00. The first-order valence-corrected chi connectivity index (χ1v) is 11.5. The van der Waals surface area contributed by atoms with Crippen LogP contribution in [0.25, 0.3) is 5.70 Å². The molecule has 2 fully saturated rings. The highest BCUT2D eigenvalue weighted by molar-refractivity contribution is 5.77. The molecule has 0 bridgehead atoms. The molecule has 0 radical (unpaired) electrons. The SMILES string of the molecule is CC1(O)CCN(c2nc(N[C@@H]3CCCNC3)c(C3=CC=C4C=CC=CC4(C)N3)c(=O)[nH]2)C1. The van der Waals surface area contributed by atoms with Crippen molar-refractivity contribution < 1.29 is 5.11 Å². The third-order valence-corrected chi connectivity index (χ3v) is 6.81. The summed E-state index contributed by atoms with van der Waals surface area (Å²) in [5.41, 5.74) is 1.07. The molecule has 5 rings (SSSR count). The van der Waals surface area contributed by atoms with Gasteiger partial charge in [0.15, 0.2) is 0 Å². The number of aromatic nitrogens is 2. The van der Waals surface area contributed by atoms with Gasteiger partial charge in [0.05, 0.1) is 16.8 Å². The molecule has 0 saturated carbocycles. The van der Waals surface area contributed by atoms with E-state index >= 15 is 0 Å². The fraction of sp³-hybridized carbons (Fsp3) is 0.500. The van der Waals surface area contributed by atoms with Crippen LogP contribution in [0.1, 0.15) is 38.7 Å². The first-order valence-electron chi connectivity index (χ1n) is 11.5. The fourth-order valence-electron chi connectivity index (χ4n) is 4.92. The minimum Gasteiger partial charge on any atom is -0.388 e. The van der Waals surface area contributed by atoms with Gasteiger partial charge in [-0.1, -0.05) is 30.4 Å². The number of hydrogen-bond donors (Lipinski definition) is 5. The molecule has 2 unspecified atom stereocenters. The average Bonchev–Trinajstić information content (AvgIpc) is 3.13. The highest BCUT2D eigenvalue weighted by atomic mass is 16.3. The molecule has 32 heavy (non-hydrogen) atoms. The van der Waals surface area contributed by atoms with E-state index < -0.39 is 5.60 Å². The van der Waals surface area contributed by atoms with Crippen LogP contribution in [0.2, 0.25) is 0 Å². The van der Waals surface area contributed by atoms with Crippen LogP contribution in [-0.4, -0.2) is 58.4 Å². The van der Waals surface area contributed by atoms with Crippen molar-refractivity contribution in [2.45, 2.75) is 50.3 Å². The number of rotatable bonds is 4. The number of dihydropyridines is 1. The van der Waals surface area contributed by atoms with Crippen molar-refractivity contribution in [2.75, 3.05) is 36.4 Å². The number of β-amino-alcohol motifs (C(OH)–C–C–N with tert-alkyl or cyclic N) is 1. The van der Waals surface area contributed by atoms with Gasteiger partial charge >= 0.3 is 0 Å². The van der Waals surface area contributed by atoms with E-state index in [9.17, 15) is 9.90 Å². The maximum Gasteiger partial charge on any atom is 0.263 e. The lowest BCUT2D eigenvalue weighted by Gasteiger charge is -2.36. The predicted molar refractivity (Wildman–Crippen MR) is 128 cm³/mol. The van der Waals surface area contributed by atoms with Gasteiger partial charge in [0.1, 0.15) is 11.4 Å². The Balaban J connectivity index is 1.54. The lowest BCUT2D eigenvalue weighted by atomic mass is 9.84. The molecule has 3 atom stereocenters. The zero-order chi connectivity index (χ0) is 22.3. The van der Waals surface area contributed by atoms with Gasteiger partial charge in [-0.15, -0.1) is 0 Å². The van der Waals surface area contributed by atoms with E-state index in [-0.39, 0.29) is 17.1 Å². The molecule has 170 valence electrons. The molecule has 1 aromatic rings. The van der Waals surface area contributed by atoms with E-state index in [1.807, 2.05) is 30.1 Å². The number of piperidine rings is 1. The normalized spacial score (nSPS) is 31.6. The predicted octanol–water partition coefficient (Wildman–Crippen LogP) is 1.65. The molecule has 4 heterocycles. The molecule has 1 aliphatic carbocycles. The van der Waals surface area contributed by atoms with E-state index in [1.54, 1.807) is 0 Å². The van der Waals surface area contributed by atoms with Crippen molar-refractivity contribution in [2.24, 2.45) is 0 Å². The summed E-state index contributed by atoms with van der Waals surface area (Å²) in [6, 6.07) is 0.203. The van der Waals surface area contributed by atoms with Crippen LogP contribution in [-0.2, 0) is 0 Å². The number of hydrogen-bond acceptors (Lipinski definition) is 7. The Bertz CT molecular complexity index is 1080. The van der Waals surface area contributed by atoms with Gasteiger partial charge in [-0.3, -0.25) is 9.78 Å². The van der Waals surface area contributed by atoms with E-state index in [1.165, 1.54) is 0 Å². The highest BCUT2D eigenvalue weighted by Crippen LogP contribution is 2.33. The minimum absolute atomic E-state index is 0.192. The number of anilines is 2. The quantitative estimate of drug-likeness (QED) is 0.489. The monoisotopic (exact) mass is 436 g/mol. The second-order valence-electron chi connectivity index (χ2n) is 9.72. The molecule has 5 N–H and O–H groups in total. The van der Waals surface area contributed by atoms with E-state index in [4.69, 9.17) is 4.98 Å². The van der Waals surface area contributed by atoms with Crippen molar-refractivity contribution in [1.29, 1.82) is 0 Å². The Labute approximate surface area is 188 Å². The molecule has 0 aromatic carbocycles. The summed E-state index contributed by atoms with van der Waals surface area (Å²) in [5, 5.41) is 20.9. The van der Waals surface area contributed by atoms with Crippen LogP contribution in [0.15, 0.2) is 46.8 Å². The number of nitrogens with zero attached hydrogens (tertiary/aromatic N) is 2. The van der Waals surface area contributed by atoms with Crippen molar-refractivity contribution in [3.63, 3.8) is 0 Å². The zero-order valence-corrected chi connectivity index (χ0v) is 18.7. The van der Waals surface area contributed by atoms with E-state index in [0.29, 0.717) is 36.8 Å².